The van der Waals surface area contributed by atoms with Crippen molar-refractivity contribution in [3.8, 4) is 0 Å². The minimum Gasteiger partial charge on any atom is -0.325 e. The van der Waals surface area contributed by atoms with E-state index in [1.807, 2.05) is 18.2 Å². The summed E-state index contributed by atoms with van der Waals surface area (Å²) in [6, 6.07) is 7.18. The average Bonchev–Trinajstić information content (AvgIpc) is 3.06. The molecule has 164 valence electrons. The molecule has 1 aromatic heterocycles. The molecule has 0 spiro atoms. The molecule has 0 radical (unpaired) electrons. The molecule has 6 rings (SSSR count). The van der Waals surface area contributed by atoms with Crippen LogP contribution in [0.1, 0.15) is 44.3 Å². The summed E-state index contributed by atoms with van der Waals surface area (Å²) in [5.74, 6) is 4.02. The number of hydrogen-bond donors (Lipinski definition) is 1. The Bertz CT molecular complexity index is 952. The van der Waals surface area contributed by atoms with Crippen LogP contribution in [0.4, 0.5) is 5.69 Å². The van der Waals surface area contributed by atoms with Gasteiger partial charge < -0.3 is 9.88 Å². The Morgan fingerprint density at radius 1 is 1.23 bits per heavy atom. The number of rotatable bonds is 8. The van der Waals surface area contributed by atoms with E-state index in [-0.39, 0.29) is 11.7 Å². The molecule has 4 bridgehead atoms. The molecule has 31 heavy (non-hydrogen) atoms. The number of anilines is 1. The molecule has 2 aromatic rings. The second kappa shape index (κ2) is 8.62. The number of carbonyl (C=O) groups excluding carboxylic acids is 1. The summed E-state index contributed by atoms with van der Waals surface area (Å²) in [5.41, 5.74) is 1.11. The Kier molecular flexibility index (Phi) is 5.86. The molecule has 4 saturated carbocycles. The van der Waals surface area contributed by atoms with E-state index < -0.39 is 0 Å². The normalized spacial score (nSPS) is 28.6. The maximum atomic E-state index is 12.4. The zero-order chi connectivity index (χ0) is 21.4. The smallest absolute Gasteiger partial charge is 0.234 e. The van der Waals surface area contributed by atoms with Gasteiger partial charge in [0, 0.05) is 23.7 Å². The zero-order valence-corrected chi connectivity index (χ0v) is 19.3. The van der Waals surface area contributed by atoms with Crippen LogP contribution in [0.25, 0.3) is 0 Å². The van der Waals surface area contributed by atoms with Crippen molar-refractivity contribution in [3.63, 3.8) is 0 Å². The Hall–Kier alpha value is -1.79. The van der Waals surface area contributed by atoms with Crippen LogP contribution in [0.5, 0.6) is 0 Å². The number of carbonyl (C=O) groups is 1. The van der Waals surface area contributed by atoms with Gasteiger partial charge in [-0.25, -0.2) is 0 Å². The summed E-state index contributed by atoms with van der Waals surface area (Å²) < 4.78 is 2.16. The molecular formula is C24H29ClN4OS. The number of nitrogens with zero attached hydrogens (tertiary/aromatic N) is 3. The third kappa shape index (κ3) is 4.56. The van der Waals surface area contributed by atoms with E-state index in [9.17, 15) is 4.79 Å². The van der Waals surface area contributed by atoms with Crippen molar-refractivity contribution in [1.82, 2.24) is 14.8 Å². The maximum Gasteiger partial charge on any atom is 0.234 e. The first kappa shape index (κ1) is 21.1. The van der Waals surface area contributed by atoms with Crippen molar-refractivity contribution in [2.45, 2.75) is 56.6 Å². The molecule has 1 N–H and O–H groups in total. The Balaban J connectivity index is 1.26. The molecule has 0 atom stereocenters. The molecule has 4 aliphatic rings. The van der Waals surface area contributed by atoms with Crippen molar-refractivity contribution in [3.05, 3.63) is 47.8 Å². The molecule has 0 aliphatic heterocycles. The molecule has 1 amide bonds. The number of hydrogen-bond acceptors (Lipinski definition) is 4. The first-order chi connectivity index (χ1) is 15.0. The van der Waals surface area contributed by atoms with Crippen LogP contribution < -0.4 is 5.32 Å². The summed E-state index contributed by atoms with van der Waals surface area (Å²) in [5, 5.41) is 13.3. The average molecular weight is 457 g/mol. The molecule has 1 aromatic carbocycles. The van der Waals surface area contributed by atoms with E-state index in [1.165, 1.54) is 50.3 Å². The second-order valence-electron chi connectivity index (χ2n) is 9.74. The number of thioether (sulfide) groups is 1. The van der Waals surface area contributed by atoms with Crippen molar-refractivity contribution in [2.75, 3.05) is 11.1 Å². The van der Waals surface area contributed by atoms with Crippen LogP contribution in [0.3, 0.4) is 0 Å². The maximum absolute atomic E-state index is 12.4. The minimum absolute atomic E-state index is 0.0805. The summed E-state index contributed by atoms with van der Waals surface area (Å²) in [4.78, 5) is 12.4. The highest BCUT2D eigenvalue weighted by Gasteiger charge is 2.51. The van der Waals surface area contributed by atoms with Gasteiger partial charge in [0.15, 0.2) is 5.16 Å². The van der Waals surface area contributed by atoms with Crippen LogP contribution >= 0.6 is 23.4 Å². The number of allylic oxidation sites excluding steroid dienone is 1. The quantitative estimate of drug-likeness (QED) is 0.414. The molecular weight excluding hydrogens is 428 g/mol. The third-order valence-corrected chi connectivity index (χ3v) is 8.45. The molecule has 7 heteroatoms. The van der Waals surface area contributed by atoms with E-state index in [0.29, 0.717) is 22.7 Å². The summed E-state index contributed by atoms with van der Waals surface area (Å²) >= 11 is 7.43. The summed E-state index contributed by atoms with van der Waals surface area (Å²) in [6.45, 7) is 4.60. The van der Waals surface area contributed by atoms with Crippen LogP contribution in [0.15, 0.2) is 42.1 Å². The third-order valence-electron chi connectivity index (χ3n) is 7.24. The lowest BCUT2D eigenvalue weighted by molar-refractivity contribution is -0.113. The predicted octanol–water partition coefficient (Wildman–Crippen LogP) is 5.61. The van der Waals surface area contributed by atoms with E-state index in [0.717, 1.165) is 35.2 Å². The fourth-order valence-corrected chi connectivity index (χ4v) is 7.56. The molecule has 1 heterocycles. The van der Waals surface area contributed by atoms with E-state index in [4.69, 9.17) is 11.6 Å². The molecule has 0 saturated heterocycles. The number of amides is 1. The van der Waals surface area contributed by atoms with Gasteiger partial charge >= 0.3 is 0 Å². The fraction of sp³-hybridized carbons (Fsp3) is 0.542. The van der Waals surface area contributed by atoms with Gasteiger partial charge in [0.1, 0.15) is 5.82 Å². The number of nitrogens with one attached hydrogen (secondary N) is 1. The lowest BCUT2D eigenvalue weighted by Gasteiger charge is -2.56. The monoisotopic (exact) mass is 456 g/mol. The lowest BCUT2D eigenvalue weighted by atomic mass is 9.49. The predicted molar refractivity (Wildman–Crippen MR) is 125 cm³/mol. The van der Waals surface area contributed by atoms with Gasteiger partial charge in [-0.2, -0.15) is 0 Å². The van der Waals surface area contributed by atoms with Gasteiger partial charge in [-0.15, -0.1) is 16.8 Å². The summed E-state index contributed by atoms with van der Waals surface area (Å²) in [6.07, 6.45) is 11.3. The largest absolute Gasteiger partial charge is 0.325 e. The zero-order valence-electron chi connectivity index (χ0n) is 17.7. The van der Waals surface area contributed by atoms with E-state index in [2.05, 4.69) is 26.7 Å². The van der Waals surface area contributed by atoms with Crippen molar-refractivity contribution < 1.29 is 4.79 Å². The molecule has 0 unspecified atom stereocenters. The van der Waals surface area contributed by atoms with Crippen LogP contribution in [-0.2, 0) is 17.8 Å². The number of benzene rings is 1. The van der Waals surface area contributed by atoms with Crippen molar-refractivity contribution >= 4 is 35.0 Å². The highest BCUT2D eigenvalue weighted by atomic mass is 35.5. The fourth-order valence-electron chi connectivity index (χ4n) is 6.60. The van der Waals surface area contributed by atoms with Crippen LogP contribution in [0, 0.1) is 23.2 Å². The van der Waals surface area contributed by atoms with Crippen LogP contribution in [0.2, 0.25) is 5.02 Å². The Morgan fingerprint density at radius 2 is 1.94 bits per heavy atom. The summed E-state index contributed by atoms with van der Waals surface area (Å²) in [7, 11) is 0. The lowest BCUT2D eigenvalue weighted by Crippen LogP contribution is -2.47. The molecule has 4 fully saturated rings. The number of aromatic nitrogens is 3. The second-order valence-corrected chi connectivity index (χ2v) is 11.1. The van der Waals surface area contributed by atoms with Gasteiger partial charge in [0.2, 0.25) is 5.91 Å². The Morgan fingerprint density at radius 3 is 2.58 bits per heavy atom. The molecule has 5 nitrogen and oxygen atoms in total. The Labute approximate surface area is 193 Å². The number of halogens is 1. The SMILES string of the molecule is C=CCn1c(CC23CC4CC(CC(C4)C2)C3)nnc1SCC(=O)Nc1cccc(Cl)c1. The standard InChI is InChI=1S/C24H29ClN4OS/c1-2-6-29-21(14-24-11-16-7-17(12-24)9-18(8-16)13-24)27-28-23(29)31-15-22(30)26-20-5-3-4-19(25)10-20/h2-5,10,16-18H,1,6-9,11-15H2,(H,26,30). The van der Waals surface area contributed by atoms with Crippen molar-refractivity contribution in [2.24, 2.45) is 23.2 Å². The van der Waals surface area contributed by atoms with Crippen LogP contribution in [-0.4, -0.2) is 26.4 Å². The van der Waals surface area contributed by atoms with Crippen molar-refractivity contribution in [1.29, 1.82) is 0 Å². The van der Waals surface area contributed by atoms with Gasteiger partial charge in [-0.3, -0.25) is 4.79 Å². The highest BCUT2D eigenvalue weighted by molar-refractivity contribution is 7.99. The minimum atomic E-state index is -0.0805. The molecule has 4 aliphatic carbocycles. The topological polar surface area (TPSA) is 59.8 Å². The van der Waals surface area contributed by atoms with Gasteiger partial charge in [-0.1, -0.05) is 35.5 Å². The van der Waals surface area contributed by atoms with Gasteiger partial charge in [0.05, 0.1) is 5.75 Å². The van der Waals surface area contributed by atoms with E-state index >= 15 is 0 Å². The van der Waals surface area contributed by atoms with Gasteiger partial charge in [-0.05, 0) is 79.9 Å². The highest BCUT2D eigenvalue weighted by Crippen LogP contribution is 2.61. The van der Waals surface area contributed by atoms with E-state index in [1.54, 1.807) is 12.1 Å². The first-order valence-electron chi connectivity index (χ1n) is 11.2. The first-order valence-corrected chi connectivity index (χ1v) is 12.6. The van der Waals surface area contributed by atoms with Gasteiger partial charge in [0.25, 0.3) is 0 Å².